The Morgan fingerprint density at radius 3 is 2.65 bits per heavy atom. The Morgan fingerprint density at radius 1 is 1.35 bits per heavy atom. The van der Waals surface area contributed by atoms with Gasteiger partial charge >= 0.3 is 0 Å². The molecular formula is C14H21N3O2S. The minimum absolute atomic E-state index is 0.00468. The second kappa shape index (κ2) is 7.69. The van der Waals surface area contributed by atoms with E-state index >= 15 is 0 Å². The van der Waals surface area contributed by atoms with Crippen molar-refractivity contribution in [2.45, 2.75) is 6.42 Å². The number of carbonyl (C=O) groups excluding carboxylic acids is 1. The summed E-state index contributed by atoms with van der Waals surface area (Å²) in [6, 6.07) is 7.59. The predicted molar refractivity (Wildman–Crippen MR) is 85.3 cm³/mol. The van der Waals surface area contributed by atoms with Gasteiger partial charge < -0.3 is 20.3 Å². The van der Waals surface area contributed by atoms with Gasteiger partial charge in [0.2, 0.25) is 0 Å². The average molecular weight is 295 g/mol. The van der Waals surface area contributed by atoms with Crippen LogP contribution in [-0.2, 0) is 4.79 Å². The number of thiocarbonyl (C=S) groups is 1. The Kier molecular flexibility index (Phi) is 6.24. The largest absolute Gasteiger partial charge is 0.484 e. The van der Waals surface area contributed by atoms with E-state index in [2.05, 4.69) is 0 Å². The van der Waals surface area contributed by atoms with E-state index in [9.17, 15) is 4.79 Å². The zero-order valence-corrected chi connectivity index (χ0v) is 12.9. The van der Waals surface area contributed by atoms with Crippen molar-refractivity contribution in [2.75, 3.05) is 39.2 Å². The van der Waals surface area contributed by atoms with Crippen LogP contribution in [0.5, 0.6) is 5.75 Å². The molecule has 0 saturated carbocycles. The van der Waals surface area contributed by atoms with Crippen molar-refractivity contribution in [1.29, 1.82) is 0 Å². The molecule has 1 aromatic carbocycles. The lowest BCUT2D eigenvalue weighted by molar-refractivity contribution is -0.131. The van der Waals surface area contributed by atoms with E-state index in [0.29, 0.717) is 23.7 Å². The van der Waals surface area contributed by atoms with Gasteiger partial charge in [0.15, 0.2) is 6.61 Å². The lowest BCUT2D eigenvalue weighted by atomic mass is 10.3. The number of likely N-dealkylation sites (N-methyl/N-ethyl adjacent to an activating group) is 1. The molecule has 5 nitrogen and oxygen atoms in total. The molecule has 6 heteroatoms. The monoisotopic (exact) mass is 295 g/mol. The van der Waals surface area contributed by atoms with E-state index in [1.807, 2.05) is 43.3 Å². The van der Waals surface area contributed by atoms with Crippen LogP contribution >= 0.6 is 12.2 Å². The van der Waals surface area contributed by atoms with Crippen molar-refractivity contribution in [2.24, 2.45) is 5.73 Å². The van der Waals surface area contributed by atoms with Crippen LogP contribution in [0.1, 0.15) is 6.42 Å². The minimum Gasteiger partial charge on any atom is -0.484 e. The van der Waals surface area contributed by atoms with E-state index in [0.717, 1.165) is 5.69 Å². The van der Waals surface area contributed by atoms with Gasteiger partial charge in [0.25, 0.3) is 5.91 Å². The number of nitrogens with zero attached hydrogens (tertiary/aromatic N) is 2. The fraction of sp³-hybridized carbons (Fsp3) is 0.429. The van der Waals surface area contributed by atoms with Crippen LogP contribution in [0.4, 0.5) is 5.69 Å². The Balaban J connectivity index is 2.48. The first kappa shape index (κ1) is 16.2. The minimum atomic E-state index is -0.100. The SMILES string of the molecule is CN(CCC(N)=S)C(=O)COc1cccc(N(C)C)c1. The Labute approximate surface area is 125 Å². The molecule has 1 rings (SSSR count). The van der Waals surface area contributed by atoms with Crippen LogP contribution in [0, 0.1) is 0 Å². The maximum atomic E-state index is 11.9. The van der Waals surface area contributed by atoms with Crippen molar-refractivity contribution in [1.82, 2.24) is 4.90 Å². The van der Waals surface area contributed by atoms with Crippen LogP contribution in [0.15, 0.2) is 24.3 Å². The zero-order chi connectivity index (χ0) is 15.1. The Hall–Kier alpha value is -1.82. The topological polar surface area (TPSA) is 58.8 Å². The third-order valence-electron chi connectivity index (χ3n) is 2.82. The fourth-order valence-electron chi connectivity index (χ4n) is 1.51. The highest BCUT2D eigenvalue weighted by molar-refractivity contribution is 7.80. The summed E-state index contributed by atoms with van der Waals surface area (Å²) < 4.78 is 5.50. The second-order valence-electron chi connectivity index (χ2n) is 4.71. The smallest absolute Gasteiger partial charge is 0.260 e. The van der Waals surface area contributed by atoms with Gasteiger partial charge in [-0.2, -0.15) is 0 Å². The van der Waals surface area contributed by atoms with E-state index in [1.54, 1.807) is 11.9 Å². The fourth-order valence-corrected chi connectivity index (χ4v) is 1.60. The van der Waals surface area contributed by atoms with Gasteiger partial charge in [-0.3, -0.25) is 4.79 Å². The summed E-state index contributed by atoms with van der Waals surface area (Å²) >= 11 is 4.78. The molecule has 0 bridgehead atoms. The highest BCUT2D eigenvalue weighted by Crippen LogP contribution is 2.19. The van der Waals surface area contributed by atoms with E-state index in [1.165, 1.54) is 0 Å². The third-order valence-corrected chi connectivity index (χ3v) is 3.02. The first-order valence-corrected chi connectivity index (χ1v) is 6.73. The molecule has 0 aliphatic rings. The molecule has 0 fully saturated rings. The van der Waals surface area contributed by atoms with Crippen molar-refractivity contribution in [3.63, 3.8) is 0 Å². The molecule has 0 unspecified atom stereocenters. The normalized spacial score (nSPS) is 9.95. The summed E-state index contributed by atoms with van der Waals surface area (Å²) in [5.74, 6) is 0.573. The second-order valence-corrected chi connectivity index (χ2v) is 5.24. The summed E-state index contributed by atoms with van der Waals surface area (Å²) in [7, 11) is 5.61. The first-order chi connectivity index (χ1) is 9.40. The van der Waals surface area contributed by atoms with Gasteiger partial charge in [-0.15, -0.1) is 0 Å². The molecule has 0 aliphatic heterocycles. The van der Waals surface area contributed by atoms with Crippen LogP contribution in [0.3, 0.4) is 0 Å². The molecule has 0 aliphatic carbocycles. The predicted octanol–water partition coefficient (Wildman–Crippen LogP) is 1.27. The molecule has 0 aromatic heterocycles. The molecule has 0 spiro atoms. The van der Waals surface area contributed by atoms with Gasteiger partial charge in [0.1, 0.15) is 5.75 Å². The summed E-state index contributed by atoms with van der Waals surface area (Å²) in [5.41, 5.74) is 6.43. The van der Waals surface area contributed by atoms with E-state index in [4.69, 9.17) is 22.7 Å². The lowest BCUT2D eigenvalue weighted by Gasteiger charge is -2.18. The van der Waals surface area contributed by atoms with Crippen molar-refractivity contribution in [3.05, 3.63) is 24.3 Å². The van der Waals surface area contributed by atoms with Crippen molar-refractivity contribution in [3.8, 4) is 5.75 Å². The zero-order valence-electron chi connectivity index (χ0n) is 12.1. The summed E-state index contributed by atoms with van der Waals surface area (Å²) in [5, 5.41) is 0. The first-order valence-electron chi connectivity index (χ1n) is 6.32. The van der Waals surface area contributed by atoms with Gasteiger partial charge in [-0.05, 0) is 12.1 Å². The summed E-state index contributed by atoms with van der Waals surface area (Å²) in [6.45, 7) is 0.514. The number of anilines is 1. The third kappa shape index (κ3) is 5.44. The number of nitrogens with two attached hydrogens (primary N) is 1. The molecule has 110 valence electrons. The highest BCUT2D eigenvalue weighted by atomic mass is 32.1. The number of benzene rings is 1. The van der Waals surface area contributed by atoms with Crippen molar-refractivity contribution >= 4 is 28.8 Å². The Morgan fingerprint density at radius 2 is 2.05 bits per heavy atom. The van der Waals surface area contributed by atoms with Gasteiger partial charge in [0.05, 0.1) is 4.99 Å². The maximum absolute atomic E-state index is 11.9. The molecule has 0 atom stereocenters. The van der Waals surface area contributed by atoms with Crippen LogP contribution in [0.2, 0.25) is 0 Å². The van der Waals surface area contributed by atoms with E-state index < -0.39 is 0 Å². The molecule has 0 heterocycles. The van der Waals surface area contributed by atoms with Gasteiger partial charge in [-0.1, -0.05) is 18.3 Å². The van der Waals surface area contributed by atoms with Gasteiger partial charge in [0, 0.05) is 45.9 Å². The van der Waals surface area contributed by atoms with E-state index in [-0.39, 0.29) is 12.5 Å². The standard InChI is InChI=1S/C14H21N3O2S/c1-16(2)11-5-4-6-12(9-11)19-10-14(18)17(3)8-7-13(15)20/h4-6,9H,7-8,10H2,1-3H3,(H2,15,20). The molecule has 1 amide bonds. The number of hydrogen-bond donors (Lipinski definition) is 1. The van der Waals surface area contributed by atoms with Crippen LogP contribution < -0.4 is 15.4 Å². The molecule has 0 radical (unpaired) electrons. The Bertz CT molecular complexity index is 477. The quantitative estimate of drug-likeness (QED) is 0.768. The number of ether oxygens (including phenoxy) is 1. The summed E-state index contributed by atoms with van der Waals surface area (Å²) in [4.78, 5) is 15.8. The van der Waals surface area contributed by atoms with Crippen LogP contribution in [0.25, 0.3) is 0 Å². The average Bonchev–Trinajstić information content (AvgIpc) is 2.42. The molecule has 2 N–H and O–H groups in total. The molecular weight excluding hydrogens is 274 g/mol. The summed E-state index contributed by atoms with van der Waals surface area (Å²) in [6.07, 6.45) is 0.522. The van der Waals surface area contributed by atoms with Gasteiger partial charge in [-0.25, -0.2) is 0 Å². The van der Waals surface area contributed by atoms with Crippen molar-refractivity contribution < 1.29 is 9.53 Å². The maximum Gasteiger partial charge on any atom is 0.260 e. The molecule has 20 heavy (non-hydrogen) atoms. The lowest BCUT2D eigenvalue weighted by Crippen LogP contribution is -2.33. The number of amides is 1. The van der Waals surface area contributed by atoms with Crippen LogP contribution in [-0.4, -0.2) is 50.1 Å². The number of rotatable bonds is 7. The number of hydrogen-bond acceptors (Lipinski definition) is 4. The molecule has 1 aromatic rings. The number of carbonyl (C=O) groups is 1. The molecule has 0 saturated heterocycles. The highest BCUT2D eigenvalue weighted by Gasteiger charge is 2.10.